The van der Waals surface area contributed by atoms with Gasteiger partial charge in [-0.3, -0.25) is 4.68 Å². The second-order valence-corrected chi connectivity index (χ2v) is 7.21. The van der Waals surface area contributed by atoms with Crippen LogP contribution in [0.1, 0.15) is 44.0 Å². The number of rotatable bonds is 5. The lowest BCUT2D eigenvalue weighted by atomic mass is 9.70. The Morgan fingerprint density at radius 1 is 1.45 bits per heavy atom. The molecule has 2 aliphatic rings. The number of aromatic nitrogens is 2. The molecule has 0 aromatic carbocycles. The fraction of sp³-hybridized carbons (Fsp3) is 0.812. The van der Waals surface area contributed by atoms with E-state index in [1.54, 1.807) is 0 Å². The lowest BCUT2D eigenvalue weighted by Gasteiger charge is -2.38. The van der Waals surface area contributed by atoms with Crippen LogP contribution in [0.2, 0.25) is 5.02 Å². The maximum atomic E-state index is 6.57. The fourth-order valence-corrected chi connectivity index (χ4v) is 5.11. The molecular weight excluding hydrogens is 270 g/mol. The van der Waals surface area contributed by atoms with Crippen molar-refractivity contribution in [1.82, 2.24) is 15.1 Å². The summed E-state index contributed by atoms with van der Waals surface area (Å²) in [6.45, 7) is 3.23. The topological polar surface area (TPSA) is 29.9 Å². The third kappa shape index (κ3) is 2.19. The summed E-state index contributed by atoms with van der Waals surface area (Å²) in [5.41, 5.74) is 2.69. The normalized spacial score (nSPS) is 32.2. The Bertz CT molecular complexity index is 496. The van der Waals surface area contributed by atoms with Gasteiger partial charge in [0.1, 0.15) is 0 Å². The van der Waals surface area contributed by atoms with Gasteiger partial charge in [-0.1, -0.05) is 24.9 Å². The molecule has 0 spiro atoms. The molecule has 0 saturated heterocycles. The van der Waals surface area contributed by atoms with Crippen LogP contribution in [-0.2, 0) is 19.9 Å². The molecule has 20 heavy (non-hydrogen) atoms. The minimum absolute atomic E-state index is 0.403. The van der Waals surface area contributed by atoms with Crippen molar-refractivity contribution in [3.05, 3.63) is 16.4 Å². The van der Waals surface area contributed by atoms with Crippen molar-refractivity contribution in [1.29, 1.82) is 0 Å². The molecule has 3 unspecified atom stereocenters. The van der Waals surface area contributed by atoms with Crippen molar-refractivity contribution >= 4 is 11.6 Å². The highest BCUT2D eigenvalue weighted by atomic mass is 35.5. The van der Waals surface area contributed by atoms with Gasteiger partial charge in [0.25, 0.3) is 0 Å². The first-order valence-corrected chi connectivity index (χ1v) is 8.32. The summed E-state index contributed by atoms with van der Waals surface area (Å²) >= 11 is 6.57. The predicted molar refractivity (Wildman–Crippen MR) is 83.1 cm³/mol. The number of halogens is 1. The molecule has 0 amide bonds. The van der Waals surface area contributed by atoms with Crippen molar-refractivity contribution < 1.29 is 0 Å². The Kier molecular flexibility index (Phi) is 3.85. The second-order valence-electron chi connectivity index (χ2n) is 6.83. The average Bonchev–Trinajstić information content (AvgIpc) is 3.08. The summed E-state index contributed by atoms with van der Waals surface area (Å²) in [6.07, 6.45) is 7.63. The number of nitrogens with zero attached hydrogens (tertiary/aromatic N) is 2. The maximum Gasteiger partial charge on any atom is 0.0849 e. The zero-order chi connectivity index (χ0) is 14.3. The van der Waals surface area contributed by atoms with Gasteiger partial charge in [0.15, 0.2) is 0 Å². The fourth-order valence-electron chi connectivity index (χ4n) is 4.75. The van der Waals surface area contributed by atoms with Crippen LogP contribution in [0.25, 0.3) is 0 Å². The molecule has 3 rings (SSSR count). The van der Waals surface area contributed by atoms with Crippen LogP contribution in [-0.4, -0.2) is 23.4 Å². The largest absolute Gasteiger partial charge is 0.319 e. The summed E-state index contributed by atoms with van der Waals surface area (Å²) < 4.78 is 2.02. The Morgan fingerprint density at radius 2 is 2.25 bits per heavy atom. The summed E-state index contributed by atoms with van der Waals surface area (Å²) in [5.74, 6) is 1.82. The van der Waals surface area contributed by atoms with E-state index in [2.05, 4.69) is 24.4 Å². The highest BCUT2D eigenvalue weighted by Gasteiger charge is 2.50. The van der Waals surface area contributed by atoms with Gasteiger partial charge in [0.2, 0.25) is 0 Å². The van der Waals surface area contributed by atoms with Crippen molar-refractivity contribution in [2.75, 3.05) is 13.6 Å². The summed E-state index contributed by atoms with van der Waals surface area (Å²) in [6, 6.07) is 0. The van der Waals surface area contributed by atoms with Gasteiger partial charge in [-0.05, 0) is 56.4 Å². The molecule has 2 bridgehead atoms. The van der Waals surface area contributed by atoms with Crippen molar-refractivity contribution in [2.24, 2.45) is 24.3 Å². The number of fused-ring (bicyclic) bond motifs is 2. The zero-order valence-corrected chi connectivity index (χ0v) is 13.6. The molecule has 1 N–H and O–H groups in total. The van der Waals surface area contributed by atoms with E-state index in [-0.39, 0.29) is 0 Å². The minimum Gasteiger partial charge on any atom is -0.319 e. The lowest BCUT2D eigenvalue weighted by Crippen LogP contribution is -2.39. The highest BCUT2D eigenvalue weighted by molar-refractivity contribution is 6.31. The second kappa shape index (κ2) is 5.34. The van der Waals surface area contributed by atoms with Crippen LogP contribution >= 0.6 is 11.6 Å². The van der Waals surface area contributed by atoms with Crippen LogP contribution in [0.4, 0.5) is 0 Å². The third-order valence-electron chi connectivity index (χ3n) is 5.65. The number of hydrogen-bond donors (Lipinski definition) is 1. The van der Waals surface area contributed by atoms with Crippen LogP contribution in [0.5, 0.6) is 0 Å². The van der Waals surface area contributed by atoms with Gasteiger partial charge in [-0.25, -0.2) is 0 Å². The maximum absolute atomic E-state index is 6.57. The van der Waals surface area contributed by atoms with Crippen LogP contribution in [0.3, 0.4) is 0 Å². The minimum atomic E-state index is 0.403. The molecular formula is C16H26ClN3. The zero-order valence-electron chi connectivity index (χ0n) is 12.9. The standard InChI is InChI=1S/C16H26ClN3/c1-4-13-15(17)14(20(3)19-13)9-16(10-18-2)8-11-5-6-12(16)7-11/h11-12,18H,4-10H2,1-3H3. The van der Waals surface area contributed by atoms with E-state index in [9.17, 15) is 0 Å². The van der Waals surface area contributed by atoms with E-state index >= 15 is 0 Å². The molecule has 112 valence electrons. The quantitative estimate of drug-likeness (QED) is 0.904. The molecule has 4 heteroatoms. The molecule has 3 nitrogen and oxygen atoms in total. The van der Waals surface area contributed by atoms with Gasteiger partial charge >= 0.3 is 0 Å². The van der Waals surface area contributed by atoms with E-state index < -0.39 is 0 Å². The molecule has 3 atom stereocenters. The lowest BCUT2D eigenvalue weighted by molar-refractivity contribution is 0.157. The van der Waals surface area contributed by atoms with Gasteiger partial charge in [-0.2, -0.15) is 5.10 Å². The van der Waals surface area contributed by atoms with Gasteiger partial charge < -0.3 is 5.32 Å². The third-order valence-corrected chi connectivity index (χ3v) is 6.09. The van der Waals surface area contributed by atoms with E-state index in [4.69, 9.17) is 11.6 Å². The van der Waals surface area contributed by atoms with Crippen molar-refractivity contribution in [3.63, 3.8) is 0 Å². The first-order valence-electron chi connectivity index (χ1n) is 7.94. The van der Waals surface area contributed by atoms with E-state index in [1.165, 1.54) is 31.4 Å². The molecule has 2 aliphatic carbocycles. The summed E-state index contributed by atoms with van der Waals surface area (Å²) in [4.78, 5) is 0. The summed E-state index contributed by atoms with van der Waals surface area (Å²) in [5, 5.41) is 8.94. The smallest absolute Gasteiger partial charge is 0.0849 e. The first kappa shape index (κ1) is 14.4. The Hall–Kier alpha value is -0.540. The molecule has 2 fully saturated rings. The van der Waals surface area contributed by atoms with Gasteiger partial charge in [-0.15, -0.1) is 0 Å². The highest BCUT2D eigenvalue weighted by Crippen LogP contribution is 2.57. The number of nitrogens with one attached hydrogen (secondary N) is 1. The summed E-state index contributed by atoms with van der Waals surface area (Å²) in [7, 11) is 4.12. The molecule has 1 heterocycles. The number of aryl methyl sites for hydroxylation is 2. The van der Waals surface area contributed by atoms with E-state index in [1.807, 2.05) is 11.7 Å². The van der Waals surface area contributed by atoms with Crippen LogP contribution in [0, 0.1) is 17.3 Å². The molecule has 2 saturated carbocycles. The Labute approximate surface area is 127 Å². The van der Waals surface area contributed by atoms with E-state index in [0.717, 1.165) is 41.9 Å². The molecule has 0 radical (unpaired) electrons. The Balaban J connectivity index is 1.90. The average molecular weight is 296 g/mol. The molecule has 1 aromatic rings. The monoisotopic (exact) mass is 295 g/mol. The van der Waals surface area contributed by atoms with Crippen LogP contribution in [0.15, 0.2) is 0 Å². The van der Waals surface area contributed by atoms with Gasteiger partial charge in [0.05, 0.1) is 16.4 Å². The predicted octanol–water partition coefficient (Wildman–Crippen LogP) is 3.20. The molecule has 1 aromatic heterocycles. The molecule has 0 aliphatic heterocycles. The number of hydrogen-bond acceptors (Lipinski definition) is 2. The first-order chi connectivity index (χ1) is 9.59. The van der Waals surface area contributed by atoms with Crippen molar-refractivity contribution in [2.45, 2.75) is 45.4 Å². The van der Waals surface area contributed by atoms with E-state index in [0.29, 0.717) is 5.41 Å². The SMILES string of the molecule is CCc1nn(C)c(CC2(CNC)CC3CCC2C3)c1Cl. The Morgan fingerprint density at radius 3 is 2.75 bits per heavy atom. The van der Waals surface area contributed by atoms with Crippen molar-refractivity contribution in [3.8, 4) is 0 Å². The van der Waals surface area contributed by atoms with Crippen LogP contribution < -0.4 is 5.32 Å². The van der Waals surface area contributed by atoms with Gasteiger partial charge in [0, 0.05) is 13.6 Å².